The Kier molecular flexibility index (Phi) is 4.22. The van der Waals surface area contributed by atoms with Crippen LogP contribution in [0.15, 0.2) is 43.0 Å². The zero-order valence-corrected chi connectivity index (χ0v) is 7.37. The van der Waals surface area contributed by atoms with Crippen molar-refractivity contribution < 1.29 is 0 Å². The molecule has 0 bridgehead atoms. The predicted molar refractivity (Wildman–Crippen MR) is 53.9 cm³/mol. The number of rotatable bonds is 5. The summed E-state index contributed by atoms with van der Waals surface area (Å²) in [5.74, 6) is 0. The Bertz CT molecular complexity index is 211. The van der Waals surface area contributed by atoms with Crippen molar-refractivity contribution in [1.82, 2.24) is 0 Å². The lowest BCUT2D eigenvalue weighted by Gasteiger charge is -1.98. The third-order valence-corrected chi connectivity index (χ3v) is 1.85. The van der Waals surface area contributed by atoms with Crippen molar-refractivity contribution in [2.24, 2.45) is 0 Å². The smallest absolute Gasteiger partial charge is 0.0173 e. The lowest BCUT2D eigenvalue weighted by molar-refractivity contribution is 0.821. The molecule has 0 heterocycles. The van der Waals surface area contributed by atoms with Gasteiger partial charge in [-0.25, -0.2) is 0 Å². The van der Waals surface area contributed by atoms with Crippen LogP contribution in [0.25, 0.3) is 0 Å². The molecule has 12 heavy (non-hydrogen) atoms. The van der Waals surface area contributed by atoms with Gasteiger partial charge in [0.15, 0.2) is 0 Å². The highest BCUT2D eigenvalue weighted by atomic mass is 14.0. The molecule has 0 aromatic heterocycles. The van der Waals surface area contributed by atoms with Crippen molar-refractivity contribution in [3.8, 4) is 0 Å². The van der Waals surface area contributed by atoms with Crippen LogP contribution in [0.5, 0.6) is 0 Å². The van der Waals surface area contributed by atoms with E-state index in [-0.39, 0.29) is 0 Å². The van der Waals surface area contributed by atoms with Crippen molar-refractivity contribution in [2.45, 2.75) is 19.3 Å². The number of hydrogen-bond donors (Lipinski definition) is 0. The lowest BCUT2D eigenvalue weighted by atomic mass is 10.1. The van der Waals surface area contributed by atoms with Gasteiger partial charge in [0.2, 0.25) is 0 Å². The molecule has 0 N–H and O–H groups in total. The molecule has 0 saturated heterocycles. The van der Waals surface area contributed by atoms with Crippen LogP contribution in [0.4, 0.5) is 0 Å². The third-order valence-electron chi connectivity index (χ3n) is 1.85. The lowest BCUT2D eigenvalue weighted by Crippen LogP contribution is -1.83. The fourth-order valence-corrected chi connectivity index (χ4v) is 1.19. The quantitative estimate of drug-likeness (QED) is 0.578. The average molecular weight is 159 g/mol. The Morgan fingerprint density at radius 2 is 1.92 bits per heavy atom. The first kappa shape index (κ1) is 9.05. The molecule has 0 saturated carbocycles. The zero-order chi connectivity index (χ0) is 8.65. The second-order valence-electron chi connectivity index (χ2n) is 2.85. The molecule has 1 aromatic carbocycles. The minimum atomic E-state index is 1.14. The molecule has 0 spiro atoms. The fraction of sp³-hybridized carbons (Fsp3) is 0.250. The number of unbranched alkanes of at least 4 members (excludes halogenated alkanes) is 2. The third kappa shape index (κ3) is 3.38. The van der Waals surface area contributed by atoms with E-state index in [0.29, 0.717) is 0 Å². The van der Waals surface area contributed by atoms with Crippen LogP contribution in [0.3, 0.4) is 0 Å². The Hall–Kier alpha value is -1.04. The minimum absolute atomic E-state index is 1.14. The van der Waals surface area contributed by atoms with E-state index in [4.69, 9.17) is 0 Å². The molecular weight excluding hydrogens is 144 g/mol. The minimum Gasteiger partial charge on any atom is -0.103 e. The first-order chi connectivity index (χ1) is 5.93. The van der Waals surface area contributed by atoms with Gasteiger partial charge in [-0.15, -0.1) is 6.58 Å². The molecule has 0 aliphatic rings. The molecule has 0 nitrogen and oxygen atoms in total. The summed E-state index contributed by atoms with van der Waals surface area (Å²) in [6.07, 6.45) is 7.51. The van der Waals surface area contributed by atoms with Gasteiger partial charge in [0.05, 0.1) is 0 Å². The molecule has 0 amide bonds. The summed E-state index contributed by atoms with van der Waals surface area (Å²) in [4.78, 5) is 0. The van der Waals surface area contributed by atoms with Gasteiger partial charge in [0.1, 0.15) is 0 Å². The van der Waals surface area contributed by atoms with Crippen molar-refractivity contribution in [3.05, 3.63) is 55.0 Å². The van der Waals surface area contributed by atoms with Crippen molar-refractivity contribution in [1.29, 1.82) is 0 Å². The van der Waals surface area contributed by atoms with Gasteiger partial charge in [0.25, 0.3) is 0 Å². The first-order valence-corrected chi connectivity index (χ1v) is 4.41. The van der Waals surface area contributed by atoms with Gasteiger partial charge >= 0.3 is 0 Å². The highest BCUT2D eigenvalue weighted by Crippen LogP contribution is 2.05. The maximum absolute atomic E-state index is 3.65. The summed E-state index contributed by atoms with van der Waals surface area (Å²) in [6, 6.07) is 10.6. The van der Waals surface area contributed by atoms with E-state index >= 15 is 0 Å². The summed E-state index contributed by atoms with van der Waals surface area (Å²) in [5, 5.41) is 0. The summed E-state index contributed by atoms with van der Waals surface area (Å²) >= 11 is 0. The van der Waals surface area contributed by atoms with E-state index in [2.05, 4.69) is 43.3 Å². The number of aryl methyl sites for hydroxylation is 1. The fourth-order valence-electron chi connectivity index (χ4n) is 1.19. The Morgan fingerprint density at radius 3 is 2.58 bits per heavy atom. The van der Waals surface area contributed by atoms with Crippen LogP contribution < -0.4 is 0 Å². The van der Waals surface area contributed by atoms with Crippen molar-refractivity contribution in [3.63, 3.8) is 0 Å². The van der Waals surface area contributed by atoms with Crippen LogP contribution in [0, 0.1) is 6.42 Å². The molecule has 0 aliphatic carbocycles. The topological polar surface area (TPSA) is 0 Å². The standard InChI is InChI=1S/C12H15/c1-2-3-4-6-9-12-10-7-5-8-11-12/h2-3,5,7-8,10-11H,1,4,6,9H2. The van der Waals surface area contributed by atoms with E-state index < -0.39 is 0 Å². The molecule has 0 aliphatic heterocycles. The number of allylic oxidation sites excluding steroid dienone is 1. The largest absolute Gasteiger partial charge is 0.103 e. The van der Waals surface area contributed by atoms with Gasteiger partial charge in [0, 0.05) is 0 Å². The van der Waals surface area contributed by atoms with E-state index in [1.807, 2.05) is 6.08 Å². The second kappa shape index (κ2) is 5.59. The predicted octanol–water partition coefficient (Wildman–Crippen LogP) is 3.40. The zero-order valence-electron chi connectivity index (χ0n) is 7.37. The van der Waals surface area contributed by atoms with Gasteiger partial charge in [-0.1, -0.05) is 36.4 Å². The normalized spacial score (nSPS) is 9.67. The van der Waals surface area contributed by atoms with Gasteiger partial charge in [-0.2, -0.15) is 0 Å². The molecule has 1 radical (unpaired) electrons. The van der Waals surface area contributed by atoms with Gasteiger partial charge in [-0.3, -0.25) is 0 Å². The molecule has 1 aromatic rings. The van der Waals surface area contributed by atoms with Crippen LogP contribution >= 0.6 is 0 Å². The summed E-state index contributed by atoms with van der Waals surface area (Å²) < 4.78 is 0. The number of hydrogen-bond acceptors (Lipinski definition) is 0. The first-order valence-electron chi connectivity index (χ1n) is 4.41. The van der Waals surface area contributed by atoms with Gasteiger partial charge in [-0.05, 0) is 31.2 Å². The van der Waals surface area contributed by atoms with Crippen LogP contribution in [0.1, 0.15) is 18.4 Å². The molecule has 0 atom stereocenters. The highest BCUT2D eigenvalue weighted by molar-refractivity contribution is 5.14. The summed E-state index contributed by atoms with van der Waals surface area (Å²) in [5.41, 5.74) is 1.43. The Labute approximate surface area is 74.9 Å². The van der Waals surface area contributed by atoms with Crippen molar-refractivity contribution >= 4 is 0 Å². The maximum atomic E-state index is 3.65. The Balaban J connectivity index is 2.20. The van der Waals surface area contributed by atoms with E-state index in [1.165, 1.54) is 18.4 Å². The Morgan fingerprint density at radius 1 is 1.17 bits per heavy atom. The van der Waals surface area contributed by atoms with E-state index in [9.17, 15) is 0 Å². The molecule has 0 unspecified atom stereocenters. The van der Waals surface area contributed by atoms with Crippen LogP contribution in [0.2, 0.25) is 0 Å². The molecular formula is C12H15. The van der Waals surface area contributed by atoms with Crippen molar-refractivity contribution in [2.75, 3.05) is 0 Å². The molecule has 1 rings (SSSR count). The maximum Gasteiger partial charge on any atom is -0.0173 e. The van der Waals surface area contributed by atoms with E-state index in [0.717, 1.165) is 6.42 Å². The monoisotopic (exact) mass is 159 g/mol. The molecule has 0 fully saturated rings. The van der Waals surface area contributed by atoms with Crippen LogP contribution in [-0.2, 0) is 6.42 Å². The SMILES string of the molecule is C=C[CH]CCCc1ccccc1. The molecule has 0 heteroatoms. The van der Waals surface area contributed by atoms with E-state index in [1.54, 1.807) is 0 Å². The second-order valence-corrected chi connectivity index (χ2v) is 2.85. The average Bonchev–Trinajstić information content (AvgIpc) is 2.14. The number of benzene rings is 1. The molecule has 63 valence electrons. The summed E-state index contributed by atoms with van der Waals surface area (Å²) in [6.45, 7) is 3.65. The van der Waals surface area contributed by atoms with Crippen LogP contribution in [-0.4, -0.2) is 0 Å². The summed E-state index contributed by atoms with van der Waals surface area (Å²) in [7, 11) is 0. The van der Waals surface area contributed by atoms with Gasteiger partial charge < -0.3 is 0 Å². The highest BCUT2D eigenvalue weighted by Gasteiger charge is 1.90.